The molecule has 1 fully saturated rings. The maximum Gasteiger partial charge on any atom is 0.0540 e. The van der Waals surface area contributed by atoms with Crippen LogP contribution in [0.25, 0.3) is 55.0 Å². The third-order valence-corrected chi connectivity index (χ3v) is 15.2. The second-order valence-electron chi connectivity index (χ2n) is 18.6. The number of benzene rings is 6. The summed E-state index contributed by atoms with van der Waals surface area (Å²) in [6.45, 7) is 0. The highest BCUT2D eigenvalue weighted by Crippen LogP contribution is 2.79. The molecule has 64 heavy (non-hydrogen) atoms. The van der Waals surface area contributed by atoms with E-state index >= 15 is 0 Å². The van der Waals surface area contributed by atoms with Crippen LogP contribution in [-0.4, -0.2) is 4.57 Å². The van der Waals surface area contributed by atoms with Crippen molar-refractivity contribution in [3.05, 3.63) is 245 Å². The summed E-state index contributed by atoms with van der Waals surface area (Å²) in [5, 5.41) is 7.40. The van der Waals surface area contributed by atoms with Crippen LogP contribution in [0.5, 0.6) is 0 Å². The zero-order valence-corrected chi connectivity index (χ0v) is 36.1. The molecule has 1 aromatic heterocycles. The van der Waals surface area contributed by atoms with Gasteiger partial charge in [0, 0.05) is 56.4 Å². The van der Waals surface area contributed by atoms with Crippen LogP contribution in [0.4, 0.5) is 17.1 Å². The molecule has 0 aliphatic heterocycles. The highest BCUT2D eigenvalue weighted by molar-refractivity contribution is 6.12. The Bertz CT molecular complexity index is 3530. The molecule has 7 aromatic carbocycles. The van der Waals surface area contributed by atoms with Crippen LogP contribution >= 0.6 is 0 Å². The minimum absolute atomic E-state index is 0.0529. The largest absolute Gasteiger partial charge is 0.344 e. The van der Waals surface area contributed by atoms with Crippen molar-refractivity contribution in [2.45, 2.75) is 32.1 Å². The zero-order chi connectivity index (χ0) is 42.4. The molecule has 5 aliphatic rings. The third kappa shape index (κ3) is 5.72. The fourth-order valence-corrected chi connectivity index (χ4v) is 12.1. The Morgan fingerprint density at radius 3 is 2.31 bits per heavy atom. The fraction of sp³-hybridized carbons (Fsp3) is 0.129. The van der Waals surface area contributed by atoms with Gasteiger partial charge in [-0.2, -0.15) is 0 Å². The predicted octanol–water partition coefficient (Wildman–Crippen LogP) is 16.4. The van der Waals surface area contributed by atoms with E-state index in [2.05, 4.69) is 229 Å². The van der Waals surface area contributed by atoms with Crippen molar-refractivity contribution in [2.75, 3.05) is 4.90 Å². The predicted molar refractivity (Wildman–Crippen MR) is 271 cm³/mol. The molecule has 2 unspecified atom stereocenters. The Balaban J connectivity index is 0.961. The Morgan fingerprint density at radius 2 is 1.44 bits per heavy atom. The molecule has 306 valence electrons. The lowest BCUT2D eigenvalue weighted by Gasteiger charge is -2.34. The normalized spacial score (nSPS) is 20.7. The molecule has 1 saturated carbocycles. The molecule has 1 spiro atoms. The first kappa shape index (κ1) is 37.2. The Labute approximate surface area is 375 Å². The van der Waals surface area contributed by atoms with Crippen LogP contribution in [0.1, 0.15) is 43.2 Å². The topological polar surface area (TPSA) is 8.17 Å². The van der Waals surface area contributed by atoms with E-state index in [0.717, 1.165) is 36.3 Å². The van der Waals surface area contributed by atoms with Gasteiger partial charge in [-0.05, 0) is 136 Å². The molecule has 13 rings (SSSR count). The van der Waals surface area contributed by atoms with Gasteiger partial charge in [-0.25, -0.2) is 0 Å². The van der Waals surface area contributed by atoms with Crippen LogP contribution < -0.4 is 4.90 Å². The van der Waals surface area contributed by atoms with Gasteiger partial charge in [0.1, 0.15) is 0 Å². The number of aromatic nitrogens is 1. The number of para-hydroxylation sites is 1. The van der Waals surface area contributed by atoms with Crippen molar-refractivity contribution < 1.29 is 0 Å². The average Bonchev–Trinajstić information content (AvgIpc) is 4.01. The lowest BCUT2D eigenvalue weighted by molar-refractivity contribution is 0.491. The van der Waals surface area contributed by atoms with Crippen LogP contribution in [0.3, 0.4) is 0 Å². The average molecular weight is 821 g/mol. The summed E-state index contributed by atoms with van der Waals surface area (Å²) < 4.78 is 2.37. The van der Waals surface area contributed by atoms with Crippen LogP contribution in [-0.2, 0) is 7.05 Å². The highest BCUT2D eigenvalue weighted by Gasteiger charge is 2.71. The summed E-state index contributed by atoms with van der Waals surface area (Å²) in [5.74, 6) is 0. The molecule has 1 heterocycles. The molecule has 0 N–H and O–H groups in total. The molecular weight excluding hydrogens is 773 g/mol. The van der Waals surface area contributed by atoms with Gasteiger partial charge in [0.25, 0.3) is 0 Å². The number of hydrogen-bond donors (Lipinski definition) is 0. The molecule has 4 bridgehead atoms. The Hall–Kier alpha value is -7.42. The minimum Gasteiger partial charge on any atom is -0.344 e. The second-order valence-corrected chi connectivity index (χ2v) is 18.6. The fourth-order valence-electron chi connectivity index (χ4n) is 12.1. The molecule has 5 aliphatic carbocycles. The van der Waals surface area contributed by atoms with E-state index in [9.17, 15) is 0 Å². The maximum atomic E-state index is 2.60. The molecular formula is C62H48N2. The van der Waals surface area contributed by atoms with Gasteiger partial charge in [-0.1, -0.05) is 169 Å². The van der Waals surface area contributed by atoms with E-state index in [4.69, 9.17) is 0 Å². The van der Waals surface area contributed by atoms with Crippen LogP contribution in [0.2, 0.25) is 0 Å². The SMILES string of the molecule is Cn1c2ccc(C(=Cc3ccccc3)CC3=CC=C4CC=C5CC=CC6=C5C5(C4)CC35C=C6)cc2c2cc(N(c3ccccc3)c3ccc4ccccccc5ccc3c4c5)ccc21. The van der Waals surface area contributed by atoms with Crippen molar-refractivity contribution in [1.29, 1.82) is 0 Å². The minimum atomic E-state index is 0.0529. The highest BCUT2D eigenvalue weighted by atomic mass is 15.1. The van der Waals surface area contributed by atoms with Crippen LogP contribution in [0.15, 0.2) is 234 Å². The van der Waals surface area contributed by atoms with Crippen molar-refractivity contribution in [1.82, 2.24) is 4.57 Å². The molecule has 2 heteroatoms. The number of fused-ring (bicyclic) bond motifs is 5. The van der Waals surface area contributed by atoms with E-state index in [-0.39, 0.29) is 10.8 Å². The lowest BCUT2D eigenvalue weighted by Crippen LogP contribution is -2.22. The first-order chi connectivity index (χ1) is 31.5. The van der Waals surface area contributed by atoms with Gasteiger partial charge < -0.3 is 9.47 Å². The smallest absolute Gasteiger partial charge is 0.0540 e. The first-order valence-corrected chi connectivity index (χ1v) is 23.0. The monoisotopic (exact) mass is 820 g/mol. The van der Waals surface area contributed by atoms with E-state index in [1.54, 1.807) is 22.3 Å². The molecule has 2 nitrogen and oxygen atoms in total. The van der Waals surface area contributed by atoms with Gasteiger partial charge in [0.05, 0.1) is 5.69 Å². The maximum absolute atomic E-state index is 2.60. The van der Waals surface area contributed by atoms with Gasteiger partial charge in [0.2, 0.25) is 0 Å². The summed E-state index contributed by atoms with van der Waals surface area (Å²) in [5.41, 5.74) is 17.8. The number of aryl methyl sites for hydroxylation is 1. The van der Waals surface area contributed by atoms with Gasteiger partial charge in [-0.3, -0.25) is 0 Å². The molecule has 0 radical (unpaired) electrons. The van der Waals surface area contributed by atoms with Crippen molar-refractivity contribution in [3.63, 3.8) is 0 Å². The third-order valence-electron chi connectivity index (χ3n) is 15.2. The van der Waals surface area contributed by atoms with Crippen molar-refractivity contribution in [2.24, 2.45) is 17.9 Å². The summed E-state index contributed by atoms with van der Waals surface area (Å²) in [6, 6.07) is 60.3. The summed E-state index contributed by atoms with van der Waals surface area (Å²) in [4.78, 5) is 2.44. The van der Waals surface area contributed by atoms with E-state index in [1.165, 1.54) is 78.5 Å². The van der Waals surface area contributed by atoms with Crippen molar-refractivity contribution in [3.8, 4) is 0 Å². The molecule has 8 aromatic rings. The summed E-state index contributed by atoms with van der Waals surface area (Å²) >= 11 is 0. The van der Waals surface area contributed by atoms with E-state index in [0.29, 0.717) is 0 Å². The van der Waals surface area contributed by atoms with Gasteiger partial charge in [-0.15, -0.1) is 0 Å². The summed E-state index contributed by atoms with van der Waals surface area (Å²) in [6.07, 6.45) is 25.2. The molecule has 0 amide bonds. The molecule has 2 atom stereocenters. The lowest BCUT2D eigenvalue weighted by atomic mass is 9.69. The zero-order valence-electron chi connectivity index (χ0n) is 36.1. The number of nitrogens with zero attached hydrogens (tertiary/aromatic N) is 2. The molecule has 0 saturated heterocycles. The standard InChI is InChI=1S/C62H48N2/c1-63-57-30-26-48(49(35-42-13-7-4-8-14-42)37-50-27-22-44-21-24-46-17-12-18-47-33-34-61(50)41-62(61,40-44)60(46)47)38-55(57)56-39-52(28-32-58(56)63)64(51-19-10-5-11-20-51)59-31-25-45-16-9-3-2-6-15-43-23-29-53(59)54(45)36-43/h2-16,18-20,22-36,38-39H,17,21,37,40-41H2,1H3. The quantitative estimate of drug-likeness (QED) is 0.145. The van der Waals surface area contributed by atoms with E-state index in [1.807, 2.05) is 0 Å². The second kappa shape index (κ2) is 14.3. The first-order valence-electron chi connectivity index (χ1n) is 23.0. The Morgan fingerprint density at radius 1 is 0.656 bits per heavy atom. The number of anilines is 3. The summed E-state index contributed by atoms with van der Waals surface area (Å²) in [7, 11) is 2.22. The Kier molecular flexibility index (Phi) is 8.31. The number of hydrogen-bond acceptors (Lipinski definition) is 1. The van der Waals surface area contributed by atoms with Gasteiger partial charge >= 0.3 is 0 Å². The number of allylic oxidation sites excluding steroid dienone is 13. The van der Waals surface area contributed by atoms with E-state index < -0.39 is 0 Å². The van der Waals surface area contributed by atoms with Crippen molar-refractivity contribution >= 4 is 72.1 Å². The van der Waals surface area contributed by atoms with Crippen LogP contribution in [0, 0.1) is 10.8 Å². The number of rotatable bonds is 7. The van der Waals surface area contributed by atoms with Gasteiger partial charge in [0.15, 0.2) is 0 Å².